The monoisotopic (exact) mass is 395 g/mol. The van der Waals surface area contributed by atoms with Crippen LogP contribution < -0.4 is 5.73 Å². The van der Waals surface area contributed by atoms with Gasteiger partial charge >= 0.3 is 0 Å². The van der Waals surface area contributed by atoms with Crippen LogP contribution in [0.2, 0.25) is 0 Å². The van der Waals surface area contributed by atoms with E-state index in [0.717, 1.165) is 6.42 Å². The molecule has 3 heterocycles. The van der Waals surface area contributed by atoms with Crippen molar-refractivity contribution in [3.63, 3.8) is 0 Å². The highest BCUT2D eigenvalue weighted by Gasteiger charge is 2.30. The average Bonchev–Trinajstić information content (AvgIpc) is 3.38. The molecule has 0 spiro atoms. The van der Waals surface area contributed by atoms with Crippen LogP contribution in [0.3, 0.4) is 0 Å². The molecule has 2 N–H and O–H groups in total. The maximum Gasteiger partial charge on any atom is 0.274 e. The molecule has 4 rings (SSSR count). The Bertz CT molecular complexity index is 1000. The standard InChI is InChI=1S/C20H22FN7O/c1-26(13-19-23-9-6-18(22)24-19)16-7-10-27(12-16)20(29)17-8-11-28(25-17)15-4-2-14(21)3-5-15/h2-6,8-9,11,16H,7,10,12-13H2,1H3,(H2,22,23,24)/t16-/m0/s1. The van der Waals surface area contributed by atoms with E-state index < -0.39 is 0 Å². The minimum absolute atomic E-state index is 0.109. The summed E-state index contributed by atoms with van der Waals surface area (Å²) in [6.07, 6.45) is 4.22. The number of nitrogen functional groups attached to an aromatic ring is 1. The van der Waals surface area contributed by atoms with Crippen LogP contribution in [0.1, 0.15) is 22.7 Å². The van der Waals surface area contributed by atoms with Gasteiger partial charge in [-0.2, -0.15) is 5.10 Å². The normalized spacial score (nSPS) is 16.5. The summed E-state index contributed by atoms with van der Waals surface area (Å²) in [5.41, 5.74) is 6.79. The third kappa shape index (κ3) is 4.24. The summed E-state index contributed by atoms with van der Waals surface area (Å²) in [6.45, 7) is 1.84. The van der Waals surface area contributed by atoms with Gasteiger partial charge in [0.05, 0.1) is 12.2 Å². The molecule has 1 aromatic carbocycles. The highest BCUT2D eigenvalue weighted by atomic mass is 19.1. The van der Waals surface area contributed by atoms with Crippen molar-refractivity contribution in [2.45, 2.75) is 19.0 Å². The van der Waals surface area contributed by atoms with Crippen molar-refractivity contribution >= 4 is 11.7 Å². The van der Waals surface area contributed by atoms with Gasteiger partial charge < -0.3 is 10.6 Å². The second-order valence-corrected chi connectivity index (χ2v) is 7.13. The van der Waals surface area contributed by atoms with Crippen LogP contribution in [0.4, 0.5) is 10.2 Å². The molecule has 3 aromatic rings. The van der Waals surface area contributed by atoms with Gasteiger partial charge in [0.2, 0.25) is 0 Å². The molecule has 0 aliphatic carbocycles. The molecule has 1 saturated heterocycles. The number of likely N-dealkylation sites (tertiary alicyclic amines) is 1. The Kier molecular flexibility index (Phi) is 5.22. The number of anilines is 1. The van der Waals surface area contributed by atoms with E-state index in [1.165, 1.54) is 12.1 Å². The summed E-state index contributed by atoms with van der Waals surface area (Å²) >= 11 is 0. The maximum atomic E-state index is 13.1. The number of benzene rings is 1. The molecule has 9 heteroatoms. The molecular formula is C20H22FN7O. The number of carbonyl (C=O) groups excluding carboxylic acids is 1. The number of amides is 1. The molecule has 29 heavy (non-hydrogen) atoms. The van der Waals surface area contributed by atoms with E-state index >= 15 is 0 Å². The smallest absolute Gasteiger partial charge is 0.274 e. The van der Waals surface area contributed by atoms with Gasteiger partial charge in [-0.05, 0) is 49.9 Å². The van der Waals surface area contributed by atoms with Crippen LogP contribution in [0.25, 0.3) is 5.69 Å². The lowest BCUT2D eigenvalue weighted by Gasteiger charge is -2.23. The summed E-state index contributed by atoms with van der Waals surface area (Å²) < 4.78 is 14.7. The fourth-order valence-electron chi connectivity index (χ4n) is 3.47. The molecule has 1 fully saturated rings. The van der Waals surface area contributed by atoms with Crippen LogP contribution >= 0.6 is 0 Å². The SMILES string of the molecule is CN(Cc1nccc(N)n1)[C@H]1CCN(C(=O)c2ccn(-c3ccc(F)cc3)n2)C1. The van der Waals surface area contributed by atoms with Gasteiger partial charge in [0.1, 0.15) is 17.5 Å². The first-order valence-corrected chi connectivity index (χ1v) is 9.38. The molecule has 0 radical (unpaired) electrons. The third-order valence-corrected chi connectivity index (χ3v) is 5.09. The Hall–Kier alpha value is -3.33. The van der Waals surface area contributed by atoms with E-state index in [1.54, 1.807) is 46.2 Å². The number of hydrogen-bond donors (Lipinski definition) is 1. The molecule has 150 valence electrons. The zero-order valence-corrected chi connectivity index (χ0v) is 16.1. The predicted molar refractivity (Wildman–Crippen MR) is 106 cm³/mol. The fourth-order valence-corrected chi connectivity index (χ4v) is 3.47. The zero-order chi connectivity index (χ0) is 20.4. The Morgan fingerprint density at radius 2 is 2.07 bits per heavy atom. The Labute approximate surface area is 167 Å². The highest BCUT2D eigenvalue weighted by molar-refractivity contribution is 5.92. The first kappa shape index (κ1) is 19.0. The predicted octanol–water partition coefficient (Wildman–Crippen LogP) is 1.73. The Morgan fingerprint density at radius 1 is 1.28 bits per heavy atom. The zero-order valence-electron chi connectivity index (χ0n) is 16.1. The van der Waals surface area contributed by atoms with Gasteiger partial charge in [0, 0.05) is 31.5 Å². The number of halogens is 1. The minimum atomic E-state index is -0.312. The molecule has 2 aromatic heterocycles. The average molecular weight is 395 g/mol. The second-order valence-electron chi connectivity index (χ2n) is 7.13. The van der Waals surface area contributed by atoms with Crippen molar-refractivity contribution in [3.05, 3.63) is 66.1 Å². The van der Waals surface area contributed by atoms with E-state index in [9.17, 15) is 9.18 Å². The maximum absolute atomic E-state index is 13.1. The number of aromatic nitrogens is 4. The molecule has 1 aliphatic heterocycles. The lowest BCUT2D eigenvalue weighted by molar-refractivity contribution is 0.0773. The third-order valence-electron chi connectivity index (χ3n) is 5.09. The first-order chi connectivity index (χ1) is 14.0. The quantitative estimate of drug-likeness (QED) is 0.707. The van der Waals surface area contributed by atoms with Gasteiger partial charge in [-0.15, -0.1) is 0 Å². The van der Waals surface area contributed by atoms with Gasteiger partial charge in [0.25, 0.3) is 5.91 Å². The van der Waals surface area contributed by atoms with E-state index in [0.29, 0.717) is 42.7 Å². The molecule has 1 atom stereocenters. The Balaban J connectivity index is 1.38. The fraction of sp³-hybridized carbons (Fsp3) is 0.300. The molecule has 0 bridgehead atoms. The lowest BCUT2D eigenvalue weighted by atomic mass is 10.2. The van der Waals surface area contributed by atoms with Gasteiger partial charge in [-0.3, -0.25) is 9.69 Å². The molecule has 0 saturated carbocycles. The van der Waals surface area contributed by atoms with Crippen molar-refractivity contribution in [2.75, 3.05) is 25.9 Å². The highest BCUT2D eigenvalue weighted by Crippen LogP contribution is 2.18. The van der Waals surface area contributed by atoms with Gasteiger partial charge in [0.15, 0.2) is 5.69 Å². The summed E-state index contributed by atoms with van der Waals surface area (Å²) in [5.74, 6) is 0.689. The number of rotatable bonds is 5. The lowest BCUT2D eigenvalue weighted by Crippen LogP contribution is -2.36. The Morgan fingerprint density at radius 3 is 2.83 bits per heavy atom. The van der Waals surface area contributed by atoms with E-state index in [1.807, 2.05) is 7.05 Å². The van der Waals surface area contributed by atoms with Crippen LogP contribution in [0.5, 0.6) is 0 Å². The van der Waals surface area contributed by atoms with E-state index in [-0.39, 0.29) is 17.8 Å². The number of hydrogen-bond acceptors (Lipinski definition) is 6. The summed E-state index contributed by atoms with van der Waals surface area (Å²) in [4.78, 5) is 25.3. The van der Waals surface area contributed by atoms with E-state index in [2.05, 4.69) is 20.0 Å². The summed E-state index contributed by atoms with van der Waals surface area (Å²) in [6, 6.07) is 9.52. The second kappa shape index (κ2) is 7.96. The molecular weight excluding hydrogens is 373 g/mol. The van der Waals surface area contributed by atoms with Crippen LogP contribution in [-0.2, 0) is 6.54 Å². The summed E-state index contributed by atoms with van der Waals surface area (Å²) in [7, 11) is 1.99. The van der Waals surface area contributed by atoms with Gasteiger partial charge in [-0.25, -0.2) is 19.0 Å². The van der Waals surface area contributed by atoms with E-state index in [4.69, 9.17) is 5.73 Å². The molecule has 1 aliphatic rings. The van der Waals surface area contributed by atoms with Crippen molar-refractivity contribution < 1.29 is 9.18 Å². The number of nitrogens with two attached hydrogens (primary N) is 1. The van der Waals surface area contributed by atoms with Crippen LogP contribution in [-0.4, -0.2) is 61.6 Å². The number of likely N-dealkylation sites (N-methyl/N-ethyl adjacent to an activating group) is 1. The number of nitrogens with zero attached hydrogens (tertiary/aromatic N) is 6. The van der Waals surface area contributed by atoms with Crippen molar-refractivity contribution in [3.8, 4) is 5.69 Å². The van der Waals surface area contributed by atoms with Crippen molar-refractivity contribution in [2.24, 2.45) is 0 Å². The molecule has 8 nitrogen and oxygen atoms in total. The van der Waals surface area contributed by atoms with Crippen molar-refractivity contribution in [1.29, 1.82) is 0 Å². The molecule has 0 unspecified atom stereocenters. The molecule has 1 amide bonds. The topological polar surface area (TPSA) is 93.2 Å². The minimum Gasteiger partial charge on any atom is -0.384 e. The van der Waals surface area contributed by atoms with Crippen LogP contribution in [0.15, 0.2) is 48.8 Å². The van der Waals surface area contributed by atoms with Crippen LogP contribution in [0, 0.1) is 5.82 Å². The van der Waals surface area contributed by atoms with Gasteiger partial charge in [-0.1, -0.05) is 0 Å². The summed E-state index contributed by atoms with van der Waals surface area (Å²) in [5, 5.41) is 4.36. The van der Waals surface area contributed by atoms with Crippen molar-refractivity contribution in [1.82, 2.24) is 29.5 Å². The largest absolute Gasteiger partial charge is 0.384 e. The number of carbonyl (C=O) groups is 1. The first-order valence-electron chi connectivity index (χ1n) is 9.38.